The summed E-state index contributed by atoms with van der Waals surface area (Å²) in [7, 11) is 0. The van der Waals surface area contributed by atoms with Crippen molar-refractivity contribution in [1.29, 1.82) is 0 Å². The largest absolute Gasteiger partial charge is 0.452 e. The first-order chi connectivity index (χ1) is 12.4. The summed E-state index contributed by atoms with van der Waals surface area (Å²) in [5.41, 5.74) is -0.0875. The van der Waals surface area contributed by atoms with E-state index in [1.54, 1.807) is 0 Å². The highest BCUT2D eigenvalue weighted by Crippen LogP contribution is 2.21. The Balaban J connectivity index is 1.66. The third-order valence-corrected chi connectivity index (χ3v) is 3.27. The summed E-state index contributed by atoms with van der Waals surface area (Å²) < 4.78 is 36.5. The molecule has 0 N–H and O–H groups in total. The first kappa shape index (κ1) is 17.1. The van der Waals surface area contributed by atoms with Crippen molar-refractivity contribution in [3.63, 3.8) is 0 Å². The molecule has 0 amide bonds. The smallest absolute Gasteiger partial charge is 0.341 e. The summed E-state index contributed by atoms with van der Waals surface area (Å²) in [6.07, 6.45) is 0. The molecule has 0 spiro atoms. The molecule has 0 bridgehead atoms. The van der Waals surface area contributed by atoms with E-state index in [4.69, 9.17) is 9.15 Å². The van der Waals surface area contributed by atoms with E-state index >= 15 is 0 Å². The quantitative estimate of drug-likeness (QED) is 0.390. The van der Waals surface area contributed by atoms with Gasteiger partial charge in [-0.1, -0.05) is 0 Å². The lowest BCUT2D eigenvalue weighted by Gasteiger charge is -2.03. The van der Waals surface area contributed by atoms with Crippen LogP contribution >= 0.6 is 0 Å². The summed E-state index contributed by atoms with van der Waals surface area (Å²) in [5, 5.41) is 18.0. The number of rotatable bonds is 5. The van der Waals surface area contributed by atoms with E-state index in [1.807, 2.05) is 0 Å². The van der Waals surface area contributed by atoms with E-state index in [0.29, 0.717) is 11.6 Å². The molecule has 0 atom stereocenters. The molecule has 26 heavy (non-hydrogen) atoms. The van der Waals surface area contributed by atoms with Crippen LogP contribution in [0.1, 0.15) is 16.2 Å². The lowest BCUT2D eigenvalue weighted by molar-refractivity contribution is -0.384. The number of benzene rings is 2. The van der Waals surface area contributed by atoms with Crippen LogP contribution in [0.15, 0.2) is 46.9 Å². The van der Waals surface area contributed by atoms with E-state index in [1.165, 1.54) is 24.3 Å². The standard InChI is InChI=1S/C16H9F2N3O5/c17-10-3-6-12(13(18)7-10)16(22)25-8-14-19-20-15(26-14)9-1-4-11(5-2-9)21(23)24/h1-7H,8H2. The van der Waals surface area contributed by atoms with Gasteiger partial charge in [0.05, 0.1) is 10.5 Å². The van der Waals surface area contributed by atoms with E-state index in [0.717, 1.165) is 12.1 Å². The van der Waals surface area contributed by atoms with Crippen molar-refractivity contribution in [2.75, 3.05) is 0 Å². The second-order valence-electron chi connectivity index (χ2n) is 5.01. The maximum atomic E-state index is 13.5. The van der Waals surface area contributed by atoms with Crippen LogP contribution in [0.5, 0.6) is 0 Å². The number of nitrogens with zero attached hydrogens (tertiary/aromatic N) is 3. The van der Waals surface area contributed by atoms with Crippen molar-refractivity contribution in [2.45, 2.75) is 6.61 Å². The number of nitro benzene ring substituents is 1. The SMILES string of the molecule is O=C(OCc1nnc(-c2ccc([N+](=O)[O-])cc2)o1)c1ccc(F)cc1F. The highest BCUT2D eigenvalue weighted by Gasteiger charge is 2.16. The van der Waals surface area contributed by atoms with Gasteiger partial charge in [-0.25, -0.2) is 13.6 Å². The maximum Gasteiger partial charge on any atom is 0.341 e. The van der Waals surface area contributed by atoms with Gasteiger partial charge in [-0.15, -0.1) is 10.2 Å². The van der Waals surface area contributed by atoms with E-state index < -0.39 is 34.7 Å². The Labute approximate surface area is 144 Å². The van der Waals surface area contributed by atoms with Crippen molar-refractivity contribution in [2.24, 2.45) is 0 Å². The van der Waals surface area contributed by atoms with Gasteiger partial charge in [-0.05, 0) is 24.3 Å². The summed E-state index contributed by atoms with van der Waals surface area (Å²) in [6.45, 7) is -0.421. The van der Waals surface area contributed by atoms with Crippen molar-refractivity contribution in [1.82, 2.24) is 10.2 Å². The lowest BCUT2D eigenvalue weighted by Crippen LogP contribution is -2.08. The van der Waals surface area contributed by atoms with Gasteiger partial charge in [0.1, 0.15) is 11.6 Å². The van der Waals surface area contributed by atoms with Gasteiger partial charge in [-0.2, -0.15) is 0 Å². The third-order valence-electron chi connectivity index (χ3n) is 3.27. The number of non-ortho nitro benzene ring substituents is 1. The molecule has 0 saturated carbocycles. The Bertz CT molecular complexity index is 972. The second-order valence-corrected chi connectivity index (χ2v) is 5.01. The number of ether oxygens (including phenoxy) is 1. The van der Waals surface area contributed by atoms with Crippen LogP contribution in [0.25, 0.3) is 11.5 Å². The number of nitro groups is 1. The van der Waals surface area contributed by atoms with Gasteiger partial charge < -0.3 is 9.15 Å². The second kappa shape index (κ2) is 7.05. The molecule has 132 valence electrons. The van der Waals surface area contributed by atoms with Crippen molar-refractivity contribution >= 4 is 11.7 Å². The molecule has 1 aromatic heterocycles. The zero-order valence-corrected chi connectivity index (χ0v) is 12.9. The lowest BCUT2D eigenvalue weighted by atomic mass is 10.2. The molecule has 0 fully saturated rings. The molecule has 3 aromatic rings. The zero-order chi connectivity index (χ0) is 18.7. The fraction of sp³-hybridized carbons (Fsp3) is 0.0625. The van der Waals surface area contributed by atoms with Crippen LogP contribution in [-0.2, 0) is 11.3 Å². The number of hydrogen-bond donors (Lipinski definition) is 0. The van der Waals surface area contributed by atoms with Crippen molar-refractivity contribution in [3.05, 3.63) is 75.7 Å². The van der Waals surface area contributed by atoms with E-state index in [-0.39, 0.29) is 17.5 Å². The minimum atomic E-state index is -1.05. The van der Waals surface area contributed by atoms with Gasteiger partial charge in [0, 0.05) is 23.8 Å². The molecule has 3 rings (SSSR count). The highest BCUT2D eigenvalue weighted by molar-refractivity contribution is 5.89. The average molecular weight is 361 g/mol. The molecule has 1 heterocycles. The molecular weight excluding hydrogens is 352 g/mol. The Morgan fingerprint density at radius 1 is 1.15 bits per heavy atom. The first-order valence-electron chi connectivity index (χ1n) is 7.13. The Morgan fingerprint density at radius 3 is 2.54 bits per heavy atom. The minimum absolute atomic E-state index is 0.0609. The summed E-state index contributed by atoms with van der Waals surface area (Å²) in [5.74, 6) is -2.87. The average Bonchev–Trinajstić information content (AvgIpc) is 3.09. The summed E-state index contributed by atoms with van der Waals surface area (Å²) in [6, 6.07) is 7.86. The molecule has 0 aliphatic rings. The van der Waals surface area contributed by atoms with Crippen LogP contribution in [0.4, 0.5) is 14.5 Å². The topological polar surface area (TPSA) is 108 Å². The predicted molar refractivity (Wildman–Crippen MR) is 81.9 cm³/mol. The normalized spacial score (nSPS) is 10.5. The summed E-state index contributed by atoms with van der Waals surface area (Å²) >= 11 is 0. The molecule has 10 heteroatoms. The Morgan fingerprint density at radius 2 is 1.88 bits per heavy atom. The fourth-order valence-electron chi connectivity index (χ4n) is 2.01. The number of esters is 1. The van der Waals surface area contributed by atoms with Gasteiger partial charge in [0.15, 0.2) is 6.61 Å². The van der Waals surface area contributed by atoms with Crippen LogP contribution in [-0.4, -0.2) is 21.1 Å². The highest BCUT2D eigenvalue weighted by atomic mass is 19.1. The molecular formula is C16H9F2N3O5. The van der Waals surface area contributed by atoms with Gasteiger partial charge >= 0.3 is 5.97 Å². The number of hydrogen-bond acceptors (Lipinski definition) is 7. The van der Waals surface area contributed by atoms with Crippen LogP contribution in [0.2, 0.25) is 0 Å². The van der Waals surface area contributed by atoms with Gasteiger partial charge in [-0.3, -0.25) is 10.1 Å². The van der Waals surface area contributed by atoms with Crippen LogP contribution in [0.3, 0.4) is 0 Å². The molecule has 2 aromatic carbocycles. The molecule has 0 aliphatic heterocycles. The van der Waals surface area contributed by atoms with Gasteiger partial charge in [0.2, 0.25) is 5.89 Å². The Hall–Kier alpha value is -3.69. The number of halogens is 2. The number of carbonyl (C=O) groups excluding carboxylic acids is 1. The van der Waals surface area contributed by atoms with E-state index in [9.17, 15) is 23.7 Å². The molecule has 0 radical (unpaired) electrons. The first-order valence-corrected chi connectivity index (χ1v) is 7.13. The number of aromatic nitrogens is 2. The molecule has 0 aliphatic carbocycles. The summed E-state index contributed by atoms with van der Waals surface area (Å²) in [4.78, 5) is 21.9. The van der Waals surface area contributed by atoms with Gasteiger partial charge in [0.25, 0.3) is 11.6 Å². The maximum absolute atomic E-state index is 13.5. The van der Waals surface area contributed by atoms with E-state index in [2.05, 4.69) is 10.2 Å². The Kier molecular flexibility index (Phi) is 4.65. The number of carbonyl (C=O) groups is 1. The minimum Gasteiger partial charge on any atom is -0.452 e. The predicted octanol–water partition coefficient (Wildman–Crippen LogP) is 3.28. The van der Waals surface area contributed by atoms with Crippen LogP contribution in [0, 0.1) is 21.7 Å². The monoisotopic (exact) mass is 361 g/mol. The van der Waals surface area contributed by atoms with Crippen LogP contribution < -0.4 is 0 Å². The molecule has 0 saturated heterocycles. The molecule has 0 unspecified atom stereocenters. The van der Waals surface area contributed by atoms with Crippen molar-refractivity contribution in [3.8, 4) is 11.5 Å². The zero-order valence-electron chi connectivity index (χ0n) is 12.9. The molecule has 8 nitrogen and oxygen atoms in total. The van der Waals surface area contributed by atoms with Crippen molar-refractivity contribution < 1.29 is 27.7 Å². The third kappa shape index (κ3) is 3.69. The fourth-order valence-corrected chi connectivity index (χ4v) is 2.01.